The van der Waals surface area contributed by atoms with Crippen LogP contribution >= 0.6 is 0 Å². The average molecular weight is 396 g/mol. The molecule has 1 fully saturated rings. The van der Waals surface area contributed by atoms with Gasteiger partial charge in [-0.15, -0.1) is 0 Å². The number of aromatic carboxylic acids is 1. The number of H-pyrrole nitrogens is 1. The van der Waals surface area contributed by atoms with Gasteiger partial charge in [0.25, 0.3) is 0 Å². The fourth-order valence-corrected chi connectivity index (χ4v) is 3.63. The highest BCUT2D eigenvalue weighted by Gasteiger charge is 2.17. The second-order valence-electron chi connectivity index (χ2n) is 7.30. The summed E-state index contributed by atoms with van der Waals surface area (Å²) < 4.78 is 0. The average Bonchev–Trinajstić information content (AvgIpc) is 2.68. The van der Waals surface area contributed by atoms with Gasteiger partial charge in [0.1, 0.15) is 22.3 Å². The third kappa shape index (κ3) is 3.40. The molecule has 1 aromatic heterocycles. The van der Waals surface area contributed by atoms with E-state index in [1.165, 1.54) is 6.07 Å². The van der Waals surface area contributed by atoms with E-state index in [9.17, 15) is 24.6 Å². The van der Waals surface area contributed by atoms with Gasteiger partial charge in [-0.05, 0) is 45.1 Å². The van der Waals surface area contributed by atoms with Gasteiger partial charge in [0.05, 0.1) is 16.3 Å². The number of benzene rings is 2. The fraction of sp³-hybridized carbons (Fsp3) is 0.300. The Kier molecular flexibility index (Phi) is 4.67. The molecular weight excluding hydrogens is 376 g/mol. The molecule has 1 saturated heterocycles. The van der Waals surface area contributed by atoms with Crippen LogP contribution in [0, 0.1) is 0 Å². The number of phenols is 1. The molecule has 0 atom stereocenters. The predicted octanol–water partition coefficient (Wildman–Crippen LogP) is -0.0190. The number of piperidine rings is 1. The molecule has 9 heteroatoms. The maximum absolute atomic E-state index is 12.4. The van der Waals surface area contributed by atoms with E-state index >= 15 is 0 Å². The summed E-state index contributed by atoms with van der Waals surface area (Å²) in [4.78, 5) is 45.4. The molecule has 1 aliphatic heterocycles. The number of likely N-dealkylation sites (tertiary alicyclic amines) is 1. The standard InChI is InChI=1S/C20H20N4O5/c1-24-6-4-10(5-7-24)21-9-12-14(26)8-15(27)19-17(12)23-18-13(25)3-2-11(20(28)29)16(18)22-19/h2-3,8-10,21-22,26H,4-7H2,1H3,(H,28,29). The molecule has 0 bridgehead atoms. The second-order valence-corrected chi connectivity index (χ2v) is 7.30. The van der Waals surface area contributed by atoms with E-state index in [-0.39, 0.29) is 44.6 Å². The number of aromatic amines is 1. The molecule has 9 nitrogen and oxygen atoms in total. The van der Waals surface area contributed by atoms with Crippen molar-refractivity contribution in [2.45, 2.75) is 18.9 Å². The van der Waals surface area contributed by atoms with Crippen molar-refractivity contribution in [1.29, 1.82) is 0 Å². The quantitative estimate of drug-likeness (QED) is 0.454. The molecule has 3 aromatic rings. The monoisotopic (exact) mass is 396 g/mol. The van der Waals surface area contributed by atoms with E-state index < -0.39 is 16.8 Å². The number of carboxylic acid groups (broad SMARTS) is 1. The van der Waals surface area contributed by atoms with E-state index in [1.807, 2.05) is 0 Å². The number of hydrogen-bond acceptors (Lipinski definition) is 7. The SMILES string of the molecule is CN1CCC(NC=c2c(O)cc(=O)c3[nH]c4c(C(=O)O)ccc(=O)c4nc23)CC1. The van der Waals surface area contributed by atoms with Crippen molar-refractivity contribution in [2.75, 3.05) is 20.1 Å². The maximum Gasteiger partial charge on any atom is 0.337 e. The van der Waals surface area contributed by atoms with Crippen molar-refractivity contribution >= 4 is 34.2 Å². The van der Waals surface area contributed by atoms with Crippen LogP contribution in [0.1, 0.15) is 23.2 Å². The lowest BCUT2D eigenvalue weighted by Crippen LogP contribution is -2.39. The Labute approximate surface area is 164 Å². The van der Waals surface area contributed by atoms with Crippen molar-refractivity contribution in [2.24, 2.45) is 0 Å². The highest BCUT2D eigenvalue weighted by atomic mass is 16.4. The van der Waals surface area contributed by atoms with Crippen molar-refractivity contribution in [1.82, 2.24) is 20.2 Å². The Hall–Kier alpha value is -3.46. The molecule has 1 aliphatic rings. The van der Waals surface area contributed by atoms with Crippen LogP contribution in [0.4, 0.5) is 0 Å². The van der Waals surface area contributed by atoms with Crippen molar-refractivity contribution < 1.29 is 15.0 Å². The zero-order valence-electron chi connectivity index (χ0n) is 15.7. The fourth-order valence-electron chi connectivity index (χ4n) is 3.63. The minimum Gasteiger partial charge on any atom is -0.507 e. The van der Waals surface area contributed by atoms with Gasteiger partial charge in [-0.2, -0.15) is 0 Å². The molecule has 150 valence electrons. The lowest BCUT2D eigenvalue weighted by Gasteiger charge is -2.29. The Morgan fingerprint density at radius 3 is 2.62 bits per heavy atom. The first-order chi connectivity index (χ1) is 13.8. The zero-order chi connectivity index (χ0) is 20.7. The highest BCUT2D eigenvalue weighted by molar-refractivity contribution is 6.02. The summed E-state index contributed by atoms with van der Waals surface area (Å²) in [7, 11) is 2.06. The number of carboxylic acids is 1. The lowest BCUT2D eigenvalue weighted by atomic mass is 10.1. The van der Waals surface area contributed by atoms with Crippen LogP contribution in [0.3, 0.4) is 0 Å². The Morgan fingerprint density at radius 1 is 1.21 bits per heavy atom. The van der Waals surface area contributed by atoms with Crippen LogP contribution in [0.15, 0.2) is 27.8 Å². The minimum absolute atomic E-state index is 0.0190. The van der Waals surface area contributed by atoms with Crippen molar-refractivity contribution in [3.05, 3.63) is 49.4 Å². The summed E-state index contributed by atoms with van der Waals surface area (Å²) in [6.45, 7) is 1.90. The molecule has 0 spiro atoms. The predicted molar refractivity (Wildman–Crippen MR) is 108 cm³/mol. The highest BCUT2D eigenvalue weighted by Crippen LogP contribution is 2.15. The third-order valence-electron chi connectivity index (χ3n) is 5.31. The molecular formula is C20H20N4O5. The second kappa shape index (κ2) is 7.17. The number of carbonyl (C=O) groups is 1. The molecule has 0 amide bonds. The molecule has 0 unspecified atom stereocenters. The van der Waals surface area contributed by atoms with E-state index in [1.54, 1.807) is 6.20 Å². The summed E-state index contributed by atoms with van der Waals surface area (Å²) in [5, 5.41) is 23.3. The molecule has 0 saturated carbocycles. The van der Waals surface area contributed by atoms with Crippen LogP contribution < -0.4 is 21.4 Å². The summed E-state index contributed by atoms with van der Waals surface area (Å²) in [5.41, 5.74) is -1.16. The van der Waals surface area contributed by atoms with E-state index in [4.69, 9.17) is 0 Å². The number of nitrogens with zero attached hydrogens (tertiary/aromatic N) is 2. The van der Waals surface area contributed by atoms with Gasteiger partial charge in [0.2, 0.25) is 10.9 Å². The van der Waals surface area contributed by atoms with Crippen LogP contribution in [0.25, 0.3) is 28.3 Å². The Bertz CT molecular complexity index is 1290. The summed E-state index contributed by atoms with van der Waals surface area (Å²) >= 11 is 0. The smallest absolute Gasteiger partial charge is 0.337 e. The van der Waals surface area contributed by atoms with Gasteiger partial charge in [-0.1, -0.05) is 0 Å². The van der Waals surface area contributed by atoms with Gasteiger partial charge < -0.3 is 25.4 Å². The van der Waals surface area contributed by atoms with E-state index in [2.05, 4.69) is 27.2 Å². The van der Waals surface area contributed by atoms with Crippen LogP contribution in [-0.2, 0) is 0 Å². The molecule has 29 heavy (non-hydrogen) atoms. The van der Waals surface area contributed by atoms with Crippen LogP contribution in [0.2, 0.25) is 0 Å². The molecule has 0 radical (unpaired) electrons. The number of nitrogens with one attached hydrogen (secondary N) is 2. The molecule has 4 rings (SSSR count). The lowest BCUT2D eigenvalue weighted by molar-refractivity contribution is 0.0699. The minimum atomic E-state index is -1.24. The number of rotatable bonds is 3. The number of fused-ring (bicyclic) bond motifs is 2. The largest absolute Gasteiger partial charge is 0.507 e. The van der Waals surface area contributed by atoms with Crippen LogP contribution in [-0.4, -0.2) is 57.2 Å². The maximum atomic E-state index is 12.4. The van der Waals surface area contributed by atoms with Gasteiger partial charge >= 0.3 is 5.97 Å². The first-order valence-corrected chi connectivity index (χ1v) is 9.26. The van der Waals surface area contributed by atoms with Crippen molar-refractivity contribution in [3.8, 4) is 5.75 Å². The molecule has 4 N–H and O–H groups in total. The summed E-state index contributed by atoms with van der Waals surface area (Å²) in [6, 6.07) is 3.57. The van der Waals surface area contributed by atoms with Gasteiger partial charge in [-0.3, -0.25) is 9.59 Å². The first-order valence-electron chi connectivity index (χ1n) is 9.26. The Morgan fingerprint density at radius 2 is 1.93 bits per heavy atom. The van der Waals surface area contributed by atoms with Crippen molar-refractivity contribution in [3.63, 3.8) is 0 Å². The Balaban J connectivity index is 1.93. The molecule has 0 aliphatic carbocycles. The third-order valence-corrected chi connectivity index (χ3v) is 5.31. The normalized spacial score (nSPS) is 16.5. The summed E-state index contributed by atoms with van der Waals surface area (Å²) in [6.07, 6.45) is 3.46. The van der Waals surface area contributed by atoms with Crippen LogP contribution in [0.5, 0.6) is 5.75 Å². The van der Waals surface area contributed by atoms with E-state index in [0.29, 0.717) is 0 Å². The first kappa shape index (κ1) is 18.9. The number of aromatic nitrogens is 2. The molecule has 2 aromatic carbocycles. The van der Waals surface area contributed by atoms with Gasteiger partial charge in [-0.25, -0.2) is 9.78 Å². The van der Waals surface area contributed by atoms with Gasteiger partial charge in [0, 0.05) is 18.3 Å². The van der Waals surface area contributed by atoms with E-state index in [0.717, 1.165) is 38.1 Å². The molecule has 2 heterocycles. The zero-order valence-corrected chi connectivity index (χ0v) is 15.7. The number of phenolic OH excluding ortho intramolecular Hbond substituents is 1. The van der Waals surface area contributed by atoms with Gasteiger partial charge in [0.15, 0.2) is 0 Å². The topological polar surface area (TPSA) is 136 Å². The number of hydrogen-bond donors (Lipinski definition) is 4. The number of aromatic hydroxyl groups is 1. The summed E-state index contributed by atoms with van der Waals surface area (Å²) in [5.74, 6) is -1.50.